The van der Waals surface area contributed by atoms with Crippen LogP contribution in [-0.2, 0) is 20.9 Å². The molecule has 0 aromatic heterocycles. The van der Waals surface area contributed by atoms with Crippen LogP contribution in [-0.4, -0.2) is 43.6 Å². The lowest BCUT2D eigenvalue weighted by molar-refractivity contribution is -0.137. The van der Waals surface area contributed by atoms with E-state index in [1.54, 1.807) is 0 Å². The number of alkyl halides is 3. The first-order valence-corrected chi connectivity index (χ1v) is 9.11. The quantitative estimate of drug-likeness (QED) is 0.799. The third-order valence-corrected chi connectivity index (χ3v) is 7.43. The van der Waals surface area contributed by atoms with Crippen molar-refractivity contribution >= 4 is 15.7 Å². The van der Waals surface area contributed by atoms with E-state index in [0.717, 1.165) is 10.4 Å². The standard InChI is InChI=1S/C15H13F3N2O4S/c16-15(17,18)10-3-8(2-1-7(10)5-19)20-6-9-12-4-11(21)13(24-12)14(9)25(20,22)23/h1-3,9,11-14,21H,4,6H2/t9-,11-,12-,13+,14-/m0/s1. The van der Waals surface area contributed by atoms with E-state index in [2.05, 4.69) is 0 Å². The summed E-state index contributed by atoms with van der Waals surface area (Å²) in [6.07, 6.45) is -6.57. The number of hydrogen-bond acceptors (Lipinski definition) is 5. The Labute approximate surface area is 141 Å². The number of halogens is 3. The van der Waals surface area contributed by atoms with Crippen LogP contribution in [0.25, 0.3) is 0 Å². The average Bonchev–Trinajstić information content (AvgIpc) is 3.15. The van der Waals surface area contributed by atoms with Crippen LogP contribution < -0.4 is 4.31 Å². The Hall–Kier alpha value is -1.83. The van der Waals surface area contributed by atoms with Crippen molar-refractivity contribution in [1.82, 2.24) is 0 Å². The molecule has 1 aromatic rings. The molecule has 3 aliphatic rings. The van der Waals surface area contributed by atoms with Gasteiger partial charge in [0.2, 0.25) is 10.0 Å². The second-order valence-electron chi connectivity index (χ2n) is 6.49. The van der Waals surface area contributed by atoms with Crippen LogP contribution in [0.2, 0.25) is 0 Å². The molecule has 0 radical (unpaired) electrons. The van der Waals surface area contributed by atoms with Gasteiger partial charge in [-0.1, -0.05) is 0 Å². The van der Waals surface area contributed by atoms with Gasteiger partial charge in [-0.05, 0) is 18.2 Å². The molecule has 2 bridgehead atoms. The predicted molar refractivity (Wildman–Crippen MR) is 79.0 cm³/mol. The largest absolute Gasteiger partial charge is 0.417 e. The van der Waals surface area contributed by atoms with Crippen LogP contribution in [0.3, 0.4) is 0 Å². The summed E-state index contributed by atoms with van der Waals surface area (Å²) in [5.41, 5.74) is -1.86. The molecule has 0 spiro atoms. The van der Waals surface area contributed by atoms with E-state index in [4.69, 9.17) is 10.00 Å². The highest BCUT2D eigenvalue weighted by Crippen LogP contribution is 2.49. The van der Waals surface area contributed by atoms with Gasteiger partial charge in [-0.2, -0.15) is 18.4 Å². The van der Waals surface area contributed by atoms with Gasteiger partial charge in [0.1, 0.15) is 11.4 Å². The predicted octanol–water partition coefficient (Wildman–Crippen LogP) is 1.24. The first-order valence-electron chi connectivity index (χ1n) is 7.61. The average molecular weight is 374 g/mol. The van der Waals surface area contributed by atoms with Crippen molar-refractivity contribution in [2.24, 2.45) is 5.92 Å². The van der Waals surface area contributed by atoms with Crippen molar-refractivity contribution in [2.45, 2.75) is 36.2 Å². The fourth-order valence-electron chi connectivity index (χ4n) is 4.07. The number of nitrogens with zero attached hydrogens (tertiary/aromatic N) is 2. The number of hydrogen-bond donors (Lipinski definition) is 1. The molecule has 3 heterocycles. The summed E-state index contributed by atoms with van der Waals surface area (Å²) < 4.78 is 71.5. The fourth-order valence-corrected chi connectivity index (χ4v) is 6.44. The summed E-state index contributed by atoms with van der Waals surface area (Å²) in [6.45, 7) is 0.00405. The second-order valence-corrected chi connectivity index (χ2v) is 8.50. The van der Waals surface area contributed by atoms with Crippen molar-refractivity contribution in [1.29, 1.82) is 5.26 Å². The van der Waals surface area contributed by atoms with Gasteiger partial charge in [0.25, 0.3) is 0 Å². The topological polar surface area (TPSA) is 90.6 Å². The first kappa shape index (κ1) is 16.6. The maximum Gasteiger partial charge on any atom is 0.417 e. The highest BCUT2D eigenvalue weighted by molar-refractivity contribution is 7.93. The molecule has 1 aromatic carbocycles. The summed E-state index contributed by atoms with van der Waals surface area (Å²) in [5.74, 6) is -0.386. The number of nitriles is 1. The van der Waals surface area contributed by atoms with Gasteiger partial charge in [-0.25, -0.2) is 8.42 Å². The number of anilines is 1. The molecule has 0 aliphatic carbocycles. The summed E-state index contributed by atoms with van der Waals surface area (Å²) in [5, 5.41) is 17.8. The molecule has 3 aliphatic heterocycles. The molecule has 3 fully saturated rings. The molecule has 25 heavy (non-hydrogen) atoms. The van der Waals surface area contributed by atoms with Gasteiger partial charge in [0, 0.05) is 18.9 Å². The SMILES string of the molecule is N#Cc1ccc(N2C[C@@H]3[C@@H]([C@@H]4O[C@H]3C[C@@H]4O)S2(=O)=O)cc1C(F)(F)F. The van der Waals surface area contributed by atoms with Gasteiger partial charge < -0.3 is 9.84 Å². The molecule has 4 rings (SSSR count). The zero-order chi connectivity index (χ0) is 18.1. The van der Waals surface area contributed by atoms with E-state index in [9.17, 15) is 26.7 Å². The van der Waals surface area contributed by atoms with E-state index in [1.165, 1.54) is 12.1 Å². The maximum atomic E-state index is 13.1. The molecule has 3 saturated heterocycles. The van der Waals surface area contributed by atoms with Crippen LogP contribution in [0.1, 0.15) is 17.5 Å². The van der Waals surface area contributed by atoms with E-state index in [0.29, 0.717) is 12.5 Å². The minimum absolute atomic E-state index is 0.00405. The molecule has 5 atom stereocenters. The summed E-state index contributed by atoms with van der Waals surface area (Å²) in [4.78, 5) is 0. The molecule has 0 saturated carbocycles. The molecule has 134 valence electrons. The monoisotopic (exact) mass is 374 g/mol. The Bertz CT molecular complexity index is 880. The van der Waals surface area contributed by atoms with E-state index in [1.807, 2.05) is 0 Å². The minimum atomic E-state index is -4.77. The number of benzene rings is 1. The van der Waals surface area contributed by atoms with Gasteiger partial charge >= 0.3 is 6.18 Å². The number of rotatable bonds is 1. The lowest BCUT2D eigenvalue weighted by atomic mass is 9.87. The summed E-state index contributed by atoms with van der Waals surface area (Å²) in [7, 11) is -3.97. The van der Waals surface area contributed by atoms with Gasteiger partial charge in [0.05, 0.1) is 35.1 Å². The number of ether oxygens (including phenoxy) is 1. The second kappa shape index (κ2) is 5.09. The molecule has 0 amide bonds. The molecule has 1 N–H and O–H groups in total. The normalized spacial score (nSPS) is 35.6. The van der Waals surface area contributed by atoms with E-state index < -0.39 is 50.9 Å². The van der Waals surface area contributed by atoms with E-state index in [-0.39, 0.29) is 18.2 Å². The third kappa shape index (κ3) is 2.26. The third-order valence-electron chi connectivity index (χ3n) is 5.15. The number of aliphatic hydroxyl groups is 1. The number of sulfonamides is 1. The summed E-state index contributed by atoms with van der Waals surface area (Å²) >= 11 is 0. The Morgan fingerprint density at radius 3 is 2.72 bits per heavy atom. The highest BCUT2D eigenvalue weighted by Gasteiger charge is 2.64. The van der Waals surface area contributed by atoms with Crippen LogP contribution in [0.4, 0.5) is 18.9 Å². The Balaban J connectivity index is 1.76. The Kier molecular flexibility index (Phi) is 3.39. The van der Waals surface area contributed by atoms with Crippen molar-refractivity contribution in [2.75, 3.05) is 10.8 Å². The minimum Gasteiger partial charge on any atom is -0.390 e. The van der Waals surface area contributed by atoms with Crippen LogP contribution in [0.15, 0.2) is 18.2 Å². The lowest BCUT2D eigenvalue weighted by Gasteiger charge is -2.23. The Morgan fingerprint density at radius 2 is 2.08 bits per heavy atom. The van der Waals surface area contributed by atoms with Crippen molar-refractivity contribution in [3.63, 3.8) is 0 Å². The first-order chi connectivity index (χ1) is 11.6. The van der Waals surface area contributed by atoms with Gasteiger partial charge in [-0.15, -0.1) is 0 Å². The van der Waals surface area contributed by atoms with Crippen molar-refractivity contribution < 1.29 is 31.4 Å². The van der Waals surface area contributed by atoms with Crippen molar-refractivity contribution in [3.05, 3.63) is 29.3 Å². The van der Waals surface area contributed by atoms with E-state index >= 15 is 0 Å². The van der Waals surface area contributed by atoms with Gasteiger partial charge in [-0.3, -0.25) is 4.31 Å². The highest BCUT2D eigenvalue weighted by atomic mass is 32.2. The lowest BCUT2D eigenvalue weighted by Crippen LogP contribution is -2.42. The number of aliphatic hydroxyl groups excluding tert-OH is 1. The van der Waals surface area contributed by atoms with Crippen LogP contribution >= 0.6 is 0 Å². The summed E-state index contributed by atoms with van der Waals surface area (Å²) in [6, 6.07) is 4.33. The Morgan fingerprint density at radius 1 is 1.36 bits per heavy atom. The smallest absolute Gasteiger partial charge is 0.390 e. The molecular formula is C15H13F3N2O4S. The zero-order valence-electron chi connectivity index (χ0n) is 12.6. The number of fused-ring (bicyclic) bond motifs is 5. The molecule has 10 heteroatoms. The van der Waals surface area contributed by atoms with Crippen LogP contribution in [0, 0.1) is 17.2 Å². The maximum absolute atomic E-state index is 13.1. The molecule has 0 unspecified atom stereocenters. The van der Waals surface area contributed by atoms with Crippen molar-refractivity contribution in [3.8, 4) is 6.07 Å². The van der Waals surface area contributed by atoms with Crippen LogP contribution in [0.5, 0.6) is 0 Å². The fraction of sp³-hybridized carbons (Fsp3) is 0.533. The van der Waals surface area contributed by atoms with Gasteiger partial charge in [0.15, 0.2) is 0 Å². The molecule has 6 nitrogen and oxygen atoms in total. The molecular weight excluding hydrogens is 361 g/mol. The zero-order valence-corrected chi connectivity index (χ0v) is 13.5.